The van der Waals surface area contributed by atoms with E-state index < -0.39 is 0 Å². The molecule has 0 saturated heterocycles. The number of allylic oxidation sites excluding steroid dienone is 6. The van der Waals surface area contributed by atoms with Crippen molar-refractivity contribution in [3.05, 3.63) is 48.6 Å². The molecular weight excluding hydrogens is 1200 g/mol. The van der Waals surface area contributed by atoms with Crippen LogP contribution in [0.3, 0.4) is 0 Å². The molecule has 540 valence electrons. The van der Waals surface area contributed by atoms with Gasteiger partial charge < -0.3 is 38.5 Å². The second-order valence-electron chi connectivity index (χ2n) is 25.8. The average molecular weight is 1350 g/mol. The number of esters is 4. The van der Waals surface area contributed by atoms with E-state index in [1.807, 2.05) is 31.1 Å². The average Bonchev–Trinajstić information content (AvgIpc) is 3.71. The maximum absolute atomic E-state index is 13.5. The molecule has 0 rings (SSSR count). The SMILES string of the molecule is CCC/C=C/CCC(CC/C=C/CCC)OC(=O)CCCN(CCCC(=O)OC/C=C\CCCCC(C)CCCCCCCC(CCCCCCC)OC(=O)CCCN(CCCC(=O)OC/C=C\CCCCCC)C(=O)SCCCN(CC)CC)C(=O)SCCN(C)C. The number of thioether (sulfide) groups is 2. The lowest BCUT2D eigenvalue weighted by Crippen LogP contribution is -2.31. The van der Waals surface area contributed by atoms with E-state index in [2.05, 4.69) is 94.7 Å². The second kappa shape index (κ2) is 67.0. The van der Waals surface area contributed by atoms with Crippen LogP contribution in [0.25, 0.3) is 0 Å². The van der Waals surface area contributed by atoms with E-state index in [1.165, 1.54) is 101 Å². The van der Waals surface area contributed by atoms with Crippen molar-refractivity contribution in [2.75, 3.05) is 91.2 Å². The Hall–Kier alpha value is -3.60. The third kappa shape index (κ3) is 59.4. The van der Waals surface area contributed by atoms with Crippen LogP contribution in [0.4, 0.5) is 9.59 Å². The maximum atomic E-state index is 13.5. The molecule has 0 N–H and O–H groups in total. The van der Waals surface area contributed by atoms with E-state index in [4.69, 9.17) is 18.9 Å². The fraction of sp³-hybridized carbons (Fsp3) is 0.818. The van der Waals surface area contributed by atoms with Gasteiger partial charge in [0.25, 0.3) is 10.5 Å². The highest BCUT2D eigenvalue weighted by molar-refractivity contribution is 8.13. The lowest BCUT2D eigenvalue weighted by Gasteiger charge is -2.23. The molecular formula is C77H140N4O10S2. The van der Waals surface area contributed by atoms with Crippen LogP contribution >= 0.6 is 23.5 Å². The smallest absolute Gasteiger partial charge is 0.306 e. The molecule has 0 aliphatic carbocycles. The second-order valence-corrected chi connectivity index (χ2v) is 27.9. The molecule has 0 aromatic heterocycles. The molecule has 0 saturated carbocycles. The molecule has 0 radical (unpaired) electrons. The summed E-state index contributed by atoms with van der Waals surface area (Å²) < 4.78 is 23.1. The normalized spacial score (nSPS) is 12.6. The summed E-state index contributed by atoms with van der Waals surface area (Å²) in [7, 11) is 3.97. The Bertz CT molecular complexity index is 1910. The molecule has 14 nitrogen and oxygen atoms in total. The van der Waals surface area contributed by atoms with Crippen molar-refractivity contribution in [3.63, 3.8) is 0 Å². The van der Waals surface area contributed by atoms with E-state index in [0.29, 0.717) is 63.5 Å². The van der Waals surface area contributed by atoms with E-state index in [0.717, 1.165) is 154 Å². The fourth-order valence-corrected chi connectivity index (χ4v) is 12.7. The molecule has 0 spiro atoms. The molecule has 0 aromatic rings. The number of nitrogens with zero attached hydrogens (tertiary/aromatic N) is 4. The lowest BCUT2D eigenvalue weighted by molar-refractivity contribution is -0.150. The van der Waals surface area contributed by atoms with Gasteiger partial charge in [0.15, 0.2) is 0 Å². The van der Waals surface area contributed by atoms with E-state index in [9.17, 15) is 28.8 Å². The lowest BCUT2D eigenvalue weighted by atomic mass is 9.96. The van der Waals surface area contributed by atoms with Crippen molar-refractivity contribution in [1.82, 2.24) is 19.6 Å². The number of unbranched alkanes of at least 4 members (excludes halogenated alkanes) is 16. The molecule has 2 atom stereocenters. The van der Waals surface area contributed by atoms with Crippen LogP contribution in [-0.2, 0) is 38.1 Å². The van der Waals surface area contributed by atoms with Crippen LogP contribution < -0.4 is 0 Å². The van der Waals surface area contributed by atoms with Gasteiger partial charge in [-0.1, -0.05) is 223 Å². The third-order valence-electron chi connectivity index (χ3n) is 16.8. The highest BCUT2D eigenvalue weighted by atomic mass is 32.2. The van der Waals surface area contributed by atoms with E-state index in [-0.39, 0.29) is 85.5 Å². The Kier molecular flexibility index (Phi) is 64.4. The summed E-state index contributed by atoms with van der Waals surface area (Å²) >= 11 is 2.62. The van der Waals surface area contributed by atoms with Gasteiger partial charge in [-0.25, -0.2) is 0 Å². The van der Waals surface area contributed by atoms with Crippen LogP contribution in [0.2, 0.25) is 0 Å². The van der Waals surface area contributed by atoms with Gasteiger partial charge in [0.05, 0.1) is 0 Å². The Balaban J connectivity index is 4.84. The molecule has 0 aliphatic rings. The summed E-state index contributed by atoms with van der Waals surface area (Å²) in [5.74, 6) is 1.18. The quantitative estimate of drug-likeness (QED) is 0.0246. The van der Waals surface area contributed by atoms with Crippen molar-refractivity contribution < 1.29 is 47.7 Å². The Morgan fingerprint density at radius 2 is 0.731 bits per heavy atom. The highest BCUT2D eigenvalue weighted by Gasteiger charge is 2.21. The van der Waals surface area contributed by atoms with Gasteiger partial charge in [0, 0.05) is 69.9 Å². The number of hydrogen-bond acceptors (Lipinski definition) is 14. The zero-order valence-corrected chi connectivity index (χ0v) is 62.7. The number of carbonyl (C=O) groups excluding carboxylic acids is 6. The first-order valence-electron chi connectivity index (χ1n) is 37.7. The van der Waals surface area contributed by atoms with Crippen LogP contribution in [0, 0.1) is 5.92 Å². The first-order chi connectivity index (χ1) is 45.2. The monoisotopic (exact) mass is 1350 g/mol. The summed E-state index contributed by atoms with van der Waals surface area (Å²) in [5.41, 5.74) is 0. The molecule has 0 fully saturated rings. The van der Waals surface area contributed by atoms with Gasteiger partial charge in [0.1, 0.15) is 25.4 Å². The van der Waals surface area contributed by atoms with Crippen molar-refractivity contribution in [3.8, 4) is 0 Å². The molecule has 0 aromatic carbocycles. The molecule has 2 amide bonds. The highest BCUT2D eigenvalue weighted by Crippen LogP contribution is 2.22. The van der Waals surface area contributed by atoms with Gasteiger partial charge in [0.2, 0.25) is 0 Å². The zero-order valence-electron chi connectivity index (χ0n) is 61.1. The number of carbonyl (C=O) groups is 6. The Morgan fingerprint density at radius 1 is 0.355 bits per heavy atom. The zero-order chi connectivity index (χ0) is 68.5. The minimum Gasteiger partial charge on any atom is -0.462 e. The van der Waals surface area contributed by atoms with Gasteiger partial charge in [-0.2, -0.15) is 0 Å². The molecule has 0 bridgehead atoms. The van der Waals surface area contributed by atoms with Crippen LogP contribution in [0.5, 0.6) is 0 Å². The van der Waals surface area contributed by atoms with Crippen LogP contribution in [0.15, 0.2) is 48.6 Å². The summed E-state index contributed by atoms with van der Waals surface area (Å²) in [5, 5.41) is -0.0226. The minimum atomic E-state index is -0.270. The van der Waals surface area contributed by atoms with Crippen molar-refractivity contribution >= 4 is 57.9 Å². The summed E-state index contributed by atoms with van der Waals surface area (Å²) in [6.45, 7) is 21.5. The number of hydrogen-bond donors (Lipinski definition) is 0. The molecule has 0 aliphatic heterocycles. The number of rotatable bonds is 65. The standard InChI is InChI=1S/C77H140N4O10S2/c1-10-16-20-24-25-34-42-65-88-72(82)55-44-60-80(76(86)92-67-48-59-79(14-5)15-6)62-46-57-74(84)91-71(53-40-30-23-19-13-4)54-41-33-26-31-36-49-69(7)50-37-32-27-35-43-66-89-73(83)56-45-61-81(77(87)93-68-64-78(8)9)63-47-58-75(85)90-70(51-38-28-21-17-11-2)52-39-29-22-18-12-3/h21-22,28-29,34-35,42-43,69-71H,10-20,23-27,30-33,36-41,44-68H2,1-9H3/b28-21+,29-22+,42-34-,43-35-. The first-order valence-corrected chi connectivity index (χ1v) is 39.7. The van der Waals surface area contributed by atoms with Crippen LogP contribution in [0.1, 0.15) is 299 Å². The molecule has 16 heteroatoms. The summed E-state index contributed by atoms with van der Waals surface area (Å²) in [6.07, 6.45) is 53.4. The molecule has 2 unspecified atom stereocenters. The van der Waals surface area contributed by atoms with Crippen molar-refractivity contribution in [2.24, 2.45) is 5.92 Å². The Labute approximate surface area is 578 Å². The van der Waals surface area contributed by atoms with E-state index in [1.54, 1.807) is 4.90 Å². The van der Waals surface area contributed by atoms with Crippen molar-refractivity contribution in [1.29, 1.82) is 0 Å². The predicted molar refractivity (Wildman–Crippen MR) is 395 cm³/mol. The van der Waals surface area contributed by atoms with E-state index >= 15 is 0 Å². The van der Waals surface area contributed by atoms with Crippen molar-refractivity contribution in [2.45, 2.75) is 311 Å². The molecule has 93 heavy (non-hydrogen) atoms. The largest absolute Gasteiger partial charge is 0.462 e. The third-order valence-corrected chi connectivity index (χ3v) is 18.7. The van der Waals surface area contributed by atoms with Gasteiger partial charge in [-0.05, 0) is 162 Å². The van der Waals surface area contributed by atoms with Gasteiger partial charge in [-0.15, -0.1) is 0 Å². The minimum absolute atomic E-state index is 0.00756. The number of ether oxygens (including phenoxy) is 4. The van der Waals surface area contributed by atoms with Crippen LogP contribution in [-0.4, -0.2) is 157 Å². The fourth-order valence-electron chi connectivity index (χ4n) is 10.9. The first kappa shape index (κ1) is 89.4. The summed E-state index contributed by atoms with van der Waals surface area (Å²) in [4.78, 5) is 86.4. The summed E-state index contributed by atoms with van der Waals surface area (Å²) in [6, 6.07) is 0. The predicted octanol–water partition coefficient (Wildman–Crippen LogP) is 20.3. The number of amides is 2. The maximum Gasteiger partial charge on any atom is 0.306 e. The topological polar surface area (TPSA) is 152 Å². The molecule has 0 heterocycles. The van der Waals surface area contributed by atoms with Gasteiger partial charge in [-0.3, -0.25) is 28.8 Å². The Morgan fingerprint density at radius 3 is 1.18 bits per heavy atom. The van der Waals surface area contributed by atoms with Gasteiger partial charge >= 0.3 is 23.9 Å².